The van der Waals surface area contributed by atoms with Crippen molar-refractivity contribution in [2.45, 2.75) is 33.4 Å². The molecule has 1 heterocycles. The highest BCUT2D eigenvalue weighted by molar-refractivity contribution is 5.56. The van der Waals surface area contributed by atoms with Crippen molar-refractivity contribution in [3.63, 3.8) is 0 Å². The zero-order valence-corrected chi connectivity index (χ0v) is 12.1. The Hall–Kier alpha value is -2.04. The van der Waals surface area contributed by atoms with Crippen molar-refractivity contribution in [3.05, 3.63) is 41.5 Å². The van der Waals surface area contributed by atoms with Gasteiger partial charge in [0.1, 0.15) is 11.6 Å². The van der Waals surface area contributed by atoms with Gasteiger partial charge >= 0.3 is 0 Å². The number of aryl methyl sites for hydroxylation is 2. The van der Waals surface area contributed by atoms with Gasteiger partial charge in [0.2, 0.25) is 0 Å². The average molecular weight is 277 g/mol. The van der Waals surface area contributed by atoms with Crippen molar-refractivity contribution in [2.24, 2.45) is 0 Å². The second kappa shape index (κ2) is 6.41. The second-order valence-electron chi connectivity index (χ2n) is 4.49. The van der Waals surface area contributed by atoms with Crippen LogP contribution in [0.25, 0.3) is 0 Å². The van der Waals surface area contributed by atoms with Gasteiger partial charge in [-0.05, 0) is 31.5 Å². The molecule has 5 heteroatoms. The monoisotopic (exact) mass is 277 g/mol. The Kier molecular flexibility index (Phi) is 4.61. The van der Waals surface area contributed by atoms with Crippen LogP contribution in [0.5, 0.6) is 5.75 Å². The number of benzene rings is 1. The van der Waals surface area contributed by atoms with Crippen molar-refractivity contribution >= 4 is 5.69 Å². The molecule has 1 aromatic heterocycles. The molecule has 0 unspecified atom stereocenters. The maximum atomic E-state index is 13.1. The predicted octanol–water partition coefficient (Wildman–Crippen LogP) is 3.23. The molecule has 0 atom stereocenters. The van der Waals surface area contributed by atoms with Crippen LogP contribution in [0.15, 0.2) is 24.3 Å². The zero-order valence-electron chi connectivity index (χ0n) is 12.1. The Morgan fingerprint density at radius 3 is 2.75 bits per heavy atom. The quantitative estimate of drug-likeness (QED) is 0.881. The number of halogens is 1. The van der Waals surface area contributed by atoms with Gasteiger partial charge in [0.15, 0.2) is 0 Å². The molecule has 0 spiro atoms. The molecule has 108 valence electrons. The normalized spacial score (nSPS) is 10.6. The van der Waals surface area contributed by atoms with E-state index >= 15 is 0 Å². The van der Waals surface area contributed by atoms with E-state index in [0.717, 1.165) is 30.0 Å². The first-order chi connectivity index (χ1) is 9.67. The summed E-state index contributed by atoms with van der Waals surface area (Å²) in [6.07, 6.45) is 0.917. The van der Waals surface area contributed by atoms with Crippen LogP contribution in [0.4, 0.5) is 10.1 Å². The van der Waals surface area contributed by atoms with Crippen molar-refractivity contribution in [2.75, 3.05) is 12.4 Å². The van der Waals surface area contributed by atoms with Crippen molar-refractivity contribution < 1.29 is 9.13 Å². The summed E-state index contributed by atoms with van der Waals surface area (Å²) in [5, 5.41) is 7.77. The third kappa shape index (κ3) is 3.10. The molecule has 0 saturated carbocycles. The molecule has 0 saturated heterocycles. The van der Waals surface area contributed by atoms with E-state index in [1.165, 1.54) is 19.2 Å². The molecule has 2 aromatic rings. The third-order valence-corrected chi connectivity index (χ3v) is 3.20. The molecule has 1 aromatic carbocycles. The predicted molar refractivity (Wildman–Crippen MR) is 77.6 cm³/mol. The highest BCUT2D eigenvalue weighted by atomic mass is 19.1. The van der Waals surface area contributed by atoms with E-state index in [1.54, 1.807) is 6.07 Å². The molecule has 0 radical (unpaired) electrons. The van der Waals surface area contributed by atoms with Crippen LogP contribution in [0.3, 0.4) is 0 Å². The number of anilines is 1. The maximum absolute atomic E-state index is 13.1. The lowest BCUT2D eigenvalue weighted by Crippen LogP contribution is -2.08. The molecule has 0 aliphatic heterocycles. The van der Waals surface area contributed by atoms with Gasteiger partial charge in [-0.1, -0.05) is 6.92 Å². The second-order valence-corrected chi connectivity index (χ2v) is 4.49. The Morgan fingerprint density at radius 1 is 1.30 bits per heavy atom. The molecular weight excluding hydrogens is 257 g/mol. The fourth-order valence-electron chi connectivity index (χ4n) is 2.10. The number of methoxy groups -OCH3 is 1. The minimum Gasteiger partial charge on any atom is -0.494 e. The summed E-state index contributed by atoms with van der Waals surface area (Å²) in [5.74, 6) is 0.197. The molecule has 20 heavy (non-hydrogen) atoms. The highest BCUT2D eigenvalue weighted by Gasteiger charge is 2.08. The van der Waals surface area contributed by atoms with E-state index in [9.17, 15) is 4.39 Å². The SMILES string of the molecule is CCc1cc(CNc2ccc(F)cc2OC)n(CC)n1. The van der Waals surface area contributed by atoms with Crippen LogP contribution < -0.4 is 10.1 Å². The first-order valence-electron chi connectivity index (χ1n) is 6.81. The topological polar surface area (TPSA) is 39.1 Å². The Morgan fingerprint density at radius 2 is 2.10 bits per heavy atom. The van der Waals surface area contributed by atoms with Crippen molar-refractivity contribution in [1.29, 1.82) is 0 Å². The van der Waals surface area contributed by atoms with Gasteiger partial charge < -0.3 is 10.1 Å². The first kappa shape index (κ1) is 14.4. The number of aromatic nitrogens is 2. The third-order valence-electron chi connectivity index (χ3n) is 3.20. The lowest BCUT2D eigenvalue weighted by molar-refractivity contribution is 0.413. The number of nitrogens with zero attached hydrogens (tertiary/aromatic N) is 2. The minimum absolute atomic E-state index is 0.306. The standard InChI is InChI=1S/C15H20FN3O/c1-4-12-9-13(19(5-2)18-12)10-17-14-7-6-11(16)8-15(14)20-3/h6-9,17H,4-5,10H2,1-3H3. The van der Waals surface area contributed by atoms with Gasteiger partial charge in [-0.15, -0.1) is 0 Å². The van der Waals surface area contributed by atoms with Crippen LogP contribution >= 0.6 is 0 Å². The van der Waals surface area contributed by atoms with E-state index in [4.69, 9.17) is 4.74 Å². The molecular formula is C15H20FN3O. The van der Waals surface area contributed by atoms with E-state index < -0.39 is 0 Å². The van der Waals surface area contributed by atoms with Crippen LogP contribution in [0.2, 0.25) is 0 Å². The Balaban J connectivity index is 2.14. The van der Waals surface area contributed by atoms with E-state index in [2.05, 4.69) is 30.3 Å². The molecule has 2 rings (SSSR count). The summed E-state index contributed by atoms with van der Waals surface area (Å²) in [5.41, 5.74) is 2.96. The zero-order chi connectivity index (χ0) is 14.5. The Bertz CT molecular complexity index is 580. The van der Waals surface area contributed by atoms with Crippen molar-refractivity contribution in [1.82, 2.24) is 9.78 Å². The van der Waals surface area contributed by atoms with Crippen LogP contribution in [-0.2, 0) is 19.5 Å². The number of rotatable bonds is 6. The van der Waals surface area contributed by atoms with E-state index in [1.807, 2.05) is 4.68 Å². The minimum atomic E-state index is -0.306. The van der Waals surface area contributed by atoms with Gasteiger partial charge in [0, 0.05) is 12.6 Å². The molecule has 0 bridgehead atoms. The molecule has 4 nitrogen and oxygen atoms in total. The summed E-state index contributed by atoms with van der Waals surface area (Å²) in [7, 11) is 1.53. The van der Waals surface area contributed by atoms with E-state index in [0.29, 0.717) is 12.3 Å². The van der Waals surface area contributed by atoms with Gasteiger partial charge in [-0.3, -0.25) is 4.68 Å². The molecule has 0 aliphatic rings. The summed E-state index contributed by atoms with van der Waals surface area (Å²) in [6.45, 7) is 5.61. The molecule has 1 N–H and O–H groups in total. The fraction of sp³-hybridized carbons (Fsp3) is 0.400. The largest absolute Gasteiger partial charge is 0.494 e. The lowest BCUT2D eigenvalue weighted by Gasteiger charge is -2.11. The molecule has 0 amide bonds. The summed E-state index contributed by atoms with van der Waals surface area (Å²) in [6, 6.07) is 6.56. The summed E-state index contributed by atoms with van der Waals surface area (Å²) >= 11 is 0. The van der Waals surface area contributed by atoms with Crippen LogP contribution in [0, 0.1) is 5.82 Å². The van der Waals surface area contributed by atoms with Crippen LogP contribution in [0.1, 0.15) is 25.2 Å². The number of nitrogens with one attached hydrogen (secondary N) is 1. The van der Waals surface area contributed by atoms with Gasteiger partial charge in [-0.2, -0.15) is 5.10 Å². The van der Waals surface area contributed by atoms with Crippen LogP contribution in [-0.4, -0.2) is 16.9 Å². The summed E-state index contributed by atoms with van der Waals surface area (Å²) in [4.78, 5) is 0. The Labute approximate surface area is 118 Å². The van der Waals surface area contributed by atoms with Gasteiger partial charge in [0.25, 0.3) is 0 Å². The number of hydrogen-bond acceptors (Lipinski definition) is 3. The molecule has 0 aliphatic carbocycles. The number of ether oxygens (including phenoxy) is 1. The lowest BCUT2D eigenvalue weighted by atomic mass is 10.2. The fourth-order valence-corrected chi connectivity index (χ4v) is 2.10. The molecule has 0 fully saturated rings. The van der Waals surface area contributed by atoms with Gasteiger partial charge in [-0.25, -0.2) is 4.39 Å². The maximum Gasteiger partial charge on any atom is 0.144 e. The van der Waals surface area contributed by atoms with Crippen molar-refractivity contribution in [3.8, 4) is 5.75 Å². The van der Waals surface area contributed by atoms with E-state index in [-0.39, 0.29) is 5.82 Å². The highest BCUT2D eigenvalue weighted by Crippen LogP contribution is 2.25. The average Bonchev–Trinajstić information content (AvgIpc) is 2.88. The summed E-state index contributed by atoms with van der Waals surface area (Å²) < 4.78 is 20.3. The van der Waals surface area contributed by atoms with Gasteiger partial charge in [0.05, 0.1) is 30.7 Å². The number of hydrogen-bond donors (Lipinski definition) is 1. The first-order valence-corrected chi connectivity index (χ1v) is 6.81. The smallest absolute Gasteiger partial charge is 0.144 e.